The van der Waals surface area contributed by atoms with Crippen LogP contribution in [0.5, 0.6) is 0 Å². The predicted molar refractivity (Wildman–Crippen MR) is 59.5 cm³/mol. The van der Waals surface area contributed by atoms with E-state index in [-0.39, 0.29) is 6.29 Å². The van der Waals surface area contributed by atoms with E-state index < -0.39 is 8.07 Å². The summed E-state index contributed by atoms with van der Waals surface area (Å²) in [6.07, 6.45) is 2.01. The van der Waals surface area contributed by atoms with Gasteiger partial charge in [0.1, 0.15) is 0 Å². The van der Waals surface area contributed by atoms with Gasteiger partial charge in [0.25, 0.3) is 0 Å². The molecule has 0 amide bonds. The van der Waals surface area contributed by atoms with E-state index in [0.29, 0.717) is 13.2 Å². The Labute approximate surface area is 82.9 Å². The van der Waals surface area contributed by atoms with Crippen LogP contribution in [0.15, 0.2) is 11.8 Å². The molecule has 3 heteroatoms. The number of rotatable bonds is 6. The third-order valence-electron chi connectivity index (χ3n) is 1.45. The zero-order valence-corrected chi connectivity index (χ0v) is 10.5. The second-order valence-corrected chi connectivity index (χ2v) is 9.19. The van der Waals surface area contributed by atoms with Crippen molar-refractivity contribution in [2.45, 2.75) is 39.8 Å². The molecular weight excluding hydrogens is 180 g/mol. The molecule has 0 saturated carbocycles. The van der Waals surface area contributed by atoms with Gasteiger partial charge in [-0.1, -0.05) is 31.4 Å². The highest BCUT2D eigenvalue weighted by Gasteiger charge is 2.06. The Morgan fingerprint density at radius 3 is 2.31 bits per heavy atom. The van der Waals surface area contributed by atoms with Gasteiger partial charge in [0.15, 0.2) is 6.29 Å². The van der Waals surface area contributed by atoms with Crippen LogP contribution in [-0.4, -0.2) is 27.6 Å². The first-order chi connectivity index (χ1) is 5.95. The molecule has 0 heterocycles. The molecule has 0 aliphatic carbocycles. The summed E-state index contributed by atoms with van der Waals surface area (Å²) in [7, 11) is -1.05. The zero-order chi connectivity index (χ0) is 10.3. The molecule has 0 aromatic carbocycles. The Balaban J connectivity index is 3.50. The first-order valence-electron chi connectivity index (χ1n) is 4.86. The summed E-state index contributed by atoms with van der Waals surface area (Å²) in [4.78, 5) is 0. The number of hydrogen-bond donors (Lipinski definition) is 0. The van der Waals surface area contributed by atoms with Crippen LogP contribution < -0.4 is 0 Å². The van der Waals surface area contributed by atoms with E-state index in [1.54, 1.807) is 0 Å². The summed E-state index contributed by atoms with van der Waals surface area (Å²) in [5.74, 6) is 0. The highest BCUT2D eigenvalue weighted by molar-refractivity contribution is 6.80. The van der Waals surface area contributed by atoms with Gasteiger partial charge in [-0.3, -0.25) is 0 Å². The number of ether oxygens (including phenoxy) is 2. The topological polar surface area (TPSA) is 18.5 Å². The van der Waals surface area contributed by atoms with Gasteiger partial charge in [-0.15, -0.1) is 0 Å². The lowest BCUT2D eigenvalue weighted by atomic mass is 10.6. The minimum absolute atomic E-state index is 0.0868. The van der Waals surface area contributed by atoms with Crippen LogP contribution >= 0.6 is 0 Å². The zero-order valence-electron chi connectivity index (χ0n) is 9.46. The van der Waals surface area contributed by atoms with Gasteiger partial charge in [-0.05, 0) is 13.8 Å². The maximum atomic E-state index is 5.39. The largest absolute Gasteiger partial charge is 0.353 e. The van der Waals surface area contributed by atoms with Crippen molar-refractivity contribution < 1.29 is 9.47 Å². The second-order valence-electron chi connectivity index (χ2n) is 4.12. The molecule has 0 fully saturated rings. The fraction of sp³-hybridized carbons (Fsp3) is 0.800. The Morgan fingerprint density at radius 2 is 1.85 bits per heavy atom. The Hall–Kier alpha value is -0.123. The van der Waals surface area contributed by atoms with Gasteiger partial charge in [0.05, 0.1) is 14.7 Å². The van der Waals surface area contributed by atoms with Crippen molar-refractivity contribution in [2.75, 3.05) is 13.2 Å². The highest BCUT2D eigenvalue weighted by Crippen LogP contribution is 2.02. The van der Waals surface area contributed by atoms with Crippen LogP contribution in [0.1, 0.15) is 13.8 Å². The minimum Gasteiger partial charge on any atom is -0.353 e. The predicted octanol–water partition coefficient (Wildman–Crippen LogP) is 2.82. The highest BCUT2D eigenvalue weighted by atomic mass is 28.3. The van der Waals surface area contributed by atoms with E-state index in [9.17, 15) is 0 Å². The van der Waals surface area contributed by atoms with Crippen molar-refractivity contribution in [3.63, 3.8) is 0 Å². The van der Waals surface area contributed by atoms with Crippen LogP contribution in [-0.2, 0) is 9.47 Å². The van der Waals surface area contributed by atoms with E-state index in [2.05, 4.69) is 31.4 Å². The molecule has 0 rings (SSSR count). The van der Waals surface area contributed by atoms with Gasteiger partial charge in [-0.2, -0.15) is 0 Å². The molecule has 0 aliphatic heterocycles. The Bertz CT molecular complexity index is 149. The Morgan fingerprint density at radius 1 is 1.23 bits per heavy atom. The van der Waals surface area contributed by atoms with Crippen LogP contribution in [0.3, 0.4) is 0 Å². The summed E-state index contributed by atoms with van der Waals surface area (Å²) in [5, 5.41) is 0. The molecule has 0 saturated heterocycles. The summed E-state index contributed by atoms with van der Waals surface area (Å²) in [6.45, 7) is 12.2. The lowest BCUT2D eigenvalue weighted by Gasteiger charge is -2.12. The monoisotopic (exact) mass is 202 g/mol. The third-order valence-corrected chi connectivity index (χ3v) is 2.68. The fourth-order valence-corrected chi connectivity index (χ4v) is 1.68. The molecule has 1 unspecified atom stereocenters. The van der Waals surface area contributed by atoms with Crippen molar-refractivity contribution in [3.8, 4) is 0 Å². The van der Waals surface area contributed by atoms with Crippen LogP contribution in [0.25, 0.3) is 0 Å². The molecule has 13 heavy (non-hydrogen) atoms. The SMILES string of the molecule is CCOC(C)OC/C=C/[Si](C)(C)C. The quantitative estimate of drug-likeness (QED) is 0.487. The summed E-state index contributed by atoms with van der Waals surface area (Å²) >= 11 is 0. The van der Waals surface area contributed by atoms with Crippen molar-refractivity contribution >= 4 is 8.07 Å². The van der Waals surface area contributed by atoms with Crippen LogP contribution in [0, 0.1) is 0 Å². The normalized spacial score (nSPS) is 15.2. The van der Waals surface area contributed by atoms with Crippen LogP contribution in [0.4, 0.5) is 0 Å². The molecule has 2 nitrogen and oxygen atoms in total. The summed E-state index contributed by atoms with van der Waals surface area (Å²) < 4.78 is 10.6. The van der Waals surface area contributed by atoms with Gasteiger partial charge in [0, 0.05) is 6.61 Å². The van der Waals surface area contributed by atoms with Crippen molar-refractivity contribution in [2.24, 2.45) is 0 Å². The standard InChI is InChI=1S/C10H22O2Si/c1-6-11-10(2)12-8-7-9-13(3,4)5/h7,9-10H,6,8H2,1-5H3/b9-7+. The van der Waals surface area contributed by atoms with Gasteiger partial charge >= 0.3 is 0 Å². The average molecular weight is 202 g/mol. The maximum Gasteiger partial charge on any atom is 0.155 e. The third kappa shape index (κ3) is 9.79. The van der Waals surface area contributed by atoms with E-state index in [4.69, 9.17) is 9.47 Å². The molecular formula is C10H22O2Si. The first kappa shape index (κ1) is 12.9. The average Bonchev–Trinajstić information content (AvgIpc) is 1.97. The number of hydrogen-bond acceptors (Lipinski definition) is 2. The molecule has 0 aromatic rings. The Kier molecular flexibility index (Phi) is 6.29. The molecule has 78 valence electrons. The lowest BCUT2D eigenvalue weighted by molar-refractivity contribution is -0.118. The van der Waals surface area contributed by atoms with E-state index in [0.717, 1.165) is 0 Å². The molecule has 0 radical (unpaired) electrons. The smallest absolute Gasteiger partial charge is 0.155 e. The second kappa shape index (κ2) is 6.35. The van der Waals surface area contributed by atoms with Crippen molar-refractivity contribution in [3.05, 3.63) is 11.8 Å². The minimum atomic E-state index is -1.05. The lowest BCUT2D eigenvalue weighted by Crippen LogP contribution is -2.17. The van der Waals surface area contributed by atoms with Crippen LogP contribution in [0.2, 0.25) is 19.6 Å². The van der Waals surface area contributed by atoms with Gasteiger partial charge in [0.2, 0.25) is 0 Å². The maximum absolute atomic E-state index is 5.39. The molecule has 0 bridgehead atoms. The molecule has 1 atom stereocenters. The fourth-order valence-electron chi connectivity index (χ4n) is 0.876. The van der Waals surface area contributed by atoms with E-state index in [1.807, 2.05) is 13.8 Å². The summed E-state index contributed by atoms with van der Waals surface area (Å²) in [6, 6.07) is 0. The van der Waals surface area contributed by atoms with Gasteiger partial charge < -0.3 is 9.47 Å². The van der Waals surface area contributed by atoms with Gasteiger partial charge in [-0.25, -0.2) is 0 Å². The first-order valence-corrected chi connectivity index (χ1v) is 8.44. The van der Waals surface area contributed by atoms with Crippen molar-refractivity contribution in [1.82, 2.24) is 0 Å². The van der Waals surface area contributed by atoms with Crippen molar-refractivity contribution in [1.29, 1.82) is 0 Å². The molecule has 0 spiro atoms. The van der Waals surface area contributed by atoms with E-state index in [1.165, 1.54) is 0 Å². The molecule has 0 aromatic heterocycles. The molecule has 0 N–H and O–H groups in total. The van der Waals surface area contributed by atoms with E-state index >= 15 is 0 Å². The molecule has 0 aliphatic rings. The summed E-state index contributed by atoms with van der Waals surface area (Å²) in [5.41, 5.74) is 2.28.